The van der Waals surface area contributed by atoms with Crippen molar-refractivity contribution < 1.29 is 14.2 Å². The van der Waals surface area contributed by atoms with Gasteiger partial charge in [-0.15, -0.1) is 0 Å². The molecule has 1 aliphatic rings. The smallest absolute Gasteiger partial charge is 0.117 e. The van der Waals surface area contributed by atoms with E-state index < -0.39 is 5.82 Å². The number of rotatable bonds is 3. The Labute approximate surface area is 102 Å². The number of benzene rings is 1. The SMILES string of the molecule is [B]c1ccc(C(CO)N2CCOCC2)cc1F. The lowest BCUT2D eigenvalue weighted by Crippen LogP contribution is -2.40. The Balaban J connectivity index is 2.18. The Bertz CT molecular complexity index is 383. The van der Waals surface area contributed by atoms with Crippen LogP contribution < -0.4 is 5.46 Å². The van der Waals surface area contributed by atoms with Crippen LogP contribution >= 0.6 is 0 Å². The molecule has 1 atom stereocenters. The van der Waals surface area contributed by atoms with Gasteiger partial charge in [-0.05, 0) is 11.6 Å². The van der Waals surface area contributed by atoms with Gasteiger partial charge in [-0.25, -0.2) is 4.39 Å². The van der Waals surface area contributed by atoms with Crippen LogP contribution in [-0.4, -0.2) is 50.8 Å². The summed E-state index contributed by atoms with van der Waals surface area (Å²) >= 11 is 0. The van der Waals surface area contributed by atoms with Crippen LogP contribution in [0.3, 0.4) is 0 Å². The van der Waals surface area contributed by atoms with Crippen LogP contribution in [0.1, 0.15) is 11.6 Å². The minimum atomic E-state index is -0.436. The Kier molecular flexibility index (Phi) is 4.15. The Hall–Kier alpha value is -0.905. The molecule has 1 saturated heterocycles. The van der Waals surface area contributed by atoms with E-state index in [0.717, 1.165) is 18.7 Å². The van der Waals surface area contributed by atoms with Crippen molar-refractivity contribution in [2.24, 2.45) is 0 Å². The first kappa shape index (κ1) is 12.5. The average Bonchev–Trinajstić information content (AvgIpc) is 2.36. The predicted molar refractivity (Wildman–Crippen MR) is 64.0 cm³/mol. The number of hydrogen-bond donors (Lipinski definition) is 1. The van der Waals surface area contributed by atoms with Crippen LogP contribution in [0.5, 0.6) is 0 Å². The molecule has 0 spiro atoms. The van der Waals surface area contributed by atoms with Crippen molar-refractivity contribution in [3.63, 3.8) is 0 Å². The summed E-state index contributed by atoms with van der Waals surface area (Å²) in [5, 5.41) is 9.46. The third kappa shape index (κ3) is 2.86. The van der Waals surface area contributed by atoms with Gasteiger partial charge in [0.25, 0.3) is 0 Å². The van der Waals surface area contributed by atoms with Crippen LogP contribution in [0.2, 0.25) is 0 Å². The fourth-order valence-corrected chi connectivity index (χ4v) is 2.07. The lowest BCUT2D eigenvalue weighted by Gasteiger charge is -2.33. The Morgan fingerprint density at radius 3 is 2.71 bits per heavy atom. The van der Waals surface area contributed by atoms with Crippen LogP contribution in [0.25, 0.3) is 0 Å². The molecule has 2 radical (unpaired) electrons. The molecule has 0 aromatic heterocycles. The molecule has 1 aromatic carbocycles. The molecule has 1 aromatic rings. The maximum Gasteiger partial charge on any atom is 0.117 e. The molecule has 0 saturated carbocycles. The lowest BCUT2D eigenvalue weighted by atomic mass is 9.92. The summed E-state index contributed by atoms with van der Waals surface area (Å²) in [7, 11) is 5.44. The summed E-state index contributed by atoms with van der Waals surface area (Å²) in [5.74, 6) is -0.436. The molecule has 1 N–H and O–H groups in total. The number of ether oxygens (including phenoxy) is 1. The number of aliphatic hydroxyl groups excluding tert-OH is 1. The number of nitrogens with zero attached hydrogens (tertiary/aromatic N) is 1. The second-order valence-corrected chi connectivity index (χ2v) is 4.13. The number of hydrogen-bond acceptors (Lipinski definition) is 3. The average molecular weight is 235 g/mol. The maximum atomic E-state index is 13.4. The van der Waals surface area contributed by atoms with E-state index in [1.165, 1.54) is 12.1 Å². The van der Waals surface area contributed by atoms with Crippen molar-refractivity contribution in [1.82, 2.24) is 4.90 Å². The minimum Gasteiger partial charge on any atom is -0.394 e. The van der Waals surface area contributed by atoms with E-state index in [4.69, 9.17) is 12.6 Å². The number of morpholine rings is 1. The molecule has 17 heavy (non-hydrogen) atoms. The topological polar surface area (TPSA) is 32.7 Å². The lowest BCUT2D eigenvalue weighted by molar-refractivity contribution is 0.00254. The Morgan fingerprint density at radius 1 is 1.41 bits per heavy atom. The van der Waals surface area contributed by atoms with E-state index in [1.807, 2.05) is 0 Å². The van der Waals surface area contributed by atoms with Crippen molar-refractivity contribution in [3.05, 3.63) is 29.6 Å². The highest BCUT2D eigenvalue weighted by Gasteiger charge is 2.22. The zero-order valence-corrected chi connectivity index (χ0v) is 9.60. The van der Waals surface area contributed by atoms with Gasteiger partial charge in [-0.1, -0.05) is 17.6 Å². The molecule has 0 bridgehead atoms. The monoisotopic (exact) mass is 235 g/mol. The fourth-order valence-electron chi connectivity index (χ4n) is 2.07. The largest absolute Gasteiger partial charge is 0.394 e. The van der Waals surface area contributed by atoms with Gasteiger partial charge < -0.3 is 9.84 Å². The number of halogens is 1. The molecule has 1 heterocycles. The molecular formula is C12H15BFNO2. The van der Waals surface area contributed by atoms with E-state index in [-0.39, 0.29) is 18.1 Å². The van der Waals surface area contributed by atoms with Crippen molar-refractivity contribution in [3.8, 4) is 0 Å². The van der Waals surface area contributed by atoms with Crippen LogP contribution in [0, 0.1) is 5.82 Å². The van der Waals surface area contributed by atoms with Gasteiger partial charge in [0, 0.05) is 13.1 Å². The first-order valence-corrected chi connectivity index (χ1v) is 5.70. The normalized spacial score (nSPS) is 19.2. The van der Waals surface area contributed by atoms with Crippen molar-refractivity contribution in [2.75, 3.05) is 32.9 Å². The summed E-state index contributed by atoms with van der Waals surface area (Å²) in [6.45, 7) is 2.75. The van der Waals surface area contributed by atoms with Gasteiger partial charge in [0.15, 0.2) is 0 Å². The van der Waals surface area contributed by atoms with Gasteiger partial charge in [-0.2, -0.15) is 0 Å². The molecule has 5 heteroatoms. The minimum absolute atomic E-state index is 0.0383. The van der Waals surface area contributed by atoms with Gasteiger partial charge in [0.1, 0.15) is 13.7 Å². The number of aliphatic hydroxyl groups is 1. The van der Waals surface area contributed by atoms with Crippen molar-refractivity contribution in [2.45, 2.75) is 6.04 Å². The summed E-state index contributed by atoms with van der Waals surface area (Å²) in [4.78, 5) is 2.09. The van der Waals surface area contributed by atoms with E-state index in [2.05, 4.69) is 4.90 Å². The zero-order valence-electron chi connectivity index (χ0n) is 9.60. The zero-order chi connectivity index (χ0) is 12.3. The standard InChI is InChI=1S/C12H15BFNO2/c13-10-2-1-9(7-11(10)14)12(8-16)15-3-5-17-6-4-15/h1-2,7,12,16H,3-6,8H2. The third-order valence-corrected chi connectivity index (χ3v) is 3.07. The highest BCUT2D eigenvalue weighted by molar-refractivity contribution is 6.32. The van der Waals surface area contributed by atoms with Crippen molar-refractivity contribution in [1.29, 1.82) is 0 Å². The first-order valence-electron chi connectivity index (χ1n) is 5.70. The highest BCUT2D eigenvalue weighted by atomic mass is 19.1. The molecule has 2 rings (SSSR count). The molecule has 90 valence electrons. The molecule has 0 aliphatic carbocycles. The summed E-state index contributed by atoms with van der Waals surface area (Å²) < 4.78 is 18.6. The second kappa shape index (κ2) is 5.62. The summed E-state index contributed by atoms with van der Waals surface area (Å²) in [6, 6.07) is 4.50. The summed E-state index contributed by atoms with van der Waals surface area (Å²) in [5.41, 5.74) is 0.883. The molecule has 1 aliphatic heterocycles. The molecule has 0 amide bonds. The van der Waals surface area contributed by atoms with Crippen LogP contribution in [-0.2, 0) is 4.74 Å². The molecule has 1 unspecified atom stereocenters. The van der Waals surface area contributed by atoms with E-state index >= 15 is 0 Å². The molecular weight excluding hydrogens is 220 g/mol. The van der Waals surface area contributed by atoms with Crippen molar-refractivity contribution >= 4 is 13.3 Å². The van der Waals surface area contributed by atoms with E-state index in [1.54, 1.807) is 6.07 Å². The maximum absolute atomic E-state index is 13.4. The molecule has 3 nitrogen and oxygen atoms in total. The predicted octanol–water partition coefficient (Wildman–Crippen LogP) is -0.0149. The van der Waals surface area contributed by atoms with Crippen LogP contribution in [0.15, 0.2) is 18.2 Å². The van der Waals surface area contributed by atoms with E-state index in [0.29, 0.717) is 13.2 Å². The second-order valence-electron chi connectivity index (χ2n) is 4.13. The van der Waals surface area contributed by atoms with E-state index in [9.17, 15) is 9.50 Å². The van der Waals surface area contributed by atoms with Crippen LogP contribution in [0.4, 0.5) is 4.39 Å². The van der Waals surface area contributed by atoms with Gasteiger partial charge in [0.2, 0.25) is 0 Å². The summed E-state index contributed by atoms with van der Waals surface area (Å²) in [6.07, 6.45) is 0. The van der Waals surface area contributed by atoms with Gasteiger partial charge in [0.05, 0.1) is 25.9 Å². The third-order valence-electron chi connectivity index (χ3n) is 3.07. The Morgan fingerprint density at radius 2 is 2.12 bits per heavy atom. The fraction of sp³-hybridized carbons (Fsp3) is 0.500. The highest BCUT2D eigenvalue weighted by Crippen LogP contribution is 2.21. The first-order chi connectivity index (χ1) is 8.22. The molecule has 1 fully saturated rings. The van der Waals surface area contributed by atoms with Gasteiger partial charge in [-0.3, -0.25) is 4.90 Å². The van der Waals surface area contributed by atoms with Gasteiger partial charge >= 0.3 is 0 Å². The quantitative estimate of drug-likeness (QED) is 0.747.